The third-order valence-electron chi connectivity index (χ3n) is 3.24. The van der Waals surface area contributed by atoms with Gasteiger partial charge in [-0.1, -0.05) is 0 Å². The van der Waals surface area contributed by atoms with Crippen LogP contribution >= 0.6 is 0 Å². The number of halogens is 2. The molecule has 1 N–H and O–H groups in total. The van der Waals surface area contributed by atoms with Gasteiger partial charge in [0.15, 0.2) is 18.2 Å². The highest BCUT2D eigenvalue weighted by molar-refractivity contribution is 5.95. The largest absolute Gasteiger partial charge is 0.452 e. The molecule has 0 bridgehead atoms. The highest BCUT2D eigenvalue weighted by atomic mass is 19.2. The summed E-state index contributed by atoms with van der Waals surface area (Å²) in [5.74, 6) is -3.60. The predicted octanol–water partition coefficient (Wildman–Crippen LogP) is 2.84. The zero-order chi connectivity index (χ0) is 17.9. The second-order valence-corrected chi connectivity index (χ2v) is 4.85. The van der Waals surface area contributed by atoms with Crippen LogP contribution in [0.15, 0.2) is 22.6 Å². The average molecular weight is 334 g/mol. The van der Waals surface area contributed by atoms with E-state index in [1.54, 1.807) is 13.8 Å². The molecule has 0 aliphatic heterocycles. The minimum absolute atomic E-state index is 0.0404. The molecule has 1 heterocycles. The maximum absolute atomic E-state index is 13.0. The first kappa shape index (κ1) is 17.1. The molecule has 0 aliphatic rings. The van der Waals surface area contributed by atoms with Gasteiger partial charge < -0.3 is 9.15 Å². The lowest BCUT2D eigenvalue weighted by Gasteiger charge is -2.05. The quantitative estimate of drug-likeness (QED) is 0.868. The van der Waals surface area contributed by atoms with Crippen LogP contribution in [0.5, 0.6) is 0 Å². The van der Waals surface area contributed by atoms with E-state index in [1.165, 1.54) is 0 Å². The molecule has 0 fully saturated rings. The van der Waals surface area contributed by atoms with E-state index in [0.717, 1.165) is 12.1 Å². The molecule has 0 saturated heterocycles. The number of carbonyl (C=O) groups is 2. The first-order valence-electron chi connectivity index (χ1n) is 6.75. The number of benzene rings is 1. The van der Waals surface area contributed by atoms with Crippen LogP contribution in [0.1, 0.15) is 27.2 Å². The van der Waals surface area contributed by atoms with E-state index in [4.69, 9.17) is 14.4 Å². The summed E-state index contributed by atoms with van der Waals surface area (Å²) in [6.07, 6.45) is 0. The van der Waals surface area contributed by atoms with Gasteiger partial charge in [-0.3, -0.25) is 10.1 Å². The van der Waals surface area contributed by atoms with Crippen LogP contribution < -0.4 is 5.32 Å². The van der Waals surface area contributed by atoms with Gasteiger partial charge in [0.2, 0.25) is 5.88 Å². The van der Waals surface area contributed by atoms with Crippen LogP contribution in [0.3, 0.4) is 0 Å². The summed E-state index contributed by atoms with van der Waals surface area (Å²) in [5.41, 5.74) is 0.531. The van der Waals surface area contributed by atoms with E-state index in [2.05, 4.69) is 5.32 Å². The van der Waals surface area contributed by atoms with Gasteiger partial charge in [-0.05, 0) is 32.0 Å². The third-order valence-corrected chi connectivity index (χ3v) is 3.24. The molecule has 0 atom stereocenters. The minimum atomic E-state index is -1.20. The molecule has 0 radical (unpaired) electrons. The van der Waals surface area contributed by atoms with Gasteiger partial charge in [0.05, 0.1) is 5.56 Å². The van der Waals surface area contributed by atoms with Crippen molar-refractivity contribution in [3.8, 4) is 6.07 Å². The first-order valence-corrected chi connectivity index (χ1v) is 6.75. The Morgan fingerprint density at radius 2 is 2.00 bits per heavy atom. The summed E-state index contributed by atoms with van der Waals surface area (Å²) < 4.78 is 35.8. The van der Waals surface area contributed by atoms with Crippen LogP contribution in [0.25, 0.3) is 0 Å². The number of nitrogens with one attached hydrogen (secondary N) is 1. The van der Waals surface area contributed by atoms with Gasteiger partial charge in [-0.15, -0.1) is 0 Å². The molecule has 0 aliphatic carbocycles. The molecule has 2 aromatic rings. The van der Waals surface area contributed by atoms with Crippen LogP contribution in [0.2, 0.25) is 0 Å². The molecule has 0 unspecified atom stereocenters. The fourth-order valence-corrected chi connectivity index (χ4v) is 1.85. The van der Waals surface area contributed by atoms with Gasteiger partial charge in [-0.2, -0.15) is 5.26 Å². The lowest BCUT2D eigenvalue weighted by Crippen LogP contribution is -2.21. The molecular weight excluding hydrogens is 322 g/mol. The normalized spacial score (nSPS) is 10.1. The molecule has 1 aromatic heterocycles. The number of hydrogen-bond donors (Lipinski definition) is 1. The molecule has 1 aromatic carbocycles. The second-order valence-electron chi connectivity index (χ2n) is 4.85. The van der Waals surface area contributed by atoms with Crippen molar-refractivity contribution in [3.05, 3.63) is 52.3 Å². The Morgan fingerprint density at radius 3 is 2.62 bits per heavy atom. The van der Waals surface area contributed by atoms with Gasteiger partial charge in [0.1, 0.15) is 17.4 Å². The molecule has 2 rings (SSSR count). The van der Waals surface area contributed by atoms with Crippen LogP contribution in [-0.2, 0) is 9.53 Å². The van der Waals surface area contributed by atoms with Gasteiger partial charge in [0.25, 0.3) is 5.91 Å². The van der Waals surface area contributed by atoms with E-state index in [-0.39, 0.29) is 17.0 Å². The number of amides is 1. The van der Waals surface area contributed by atoms with E-state index in [0.29, 0.717) is 17.4 Å². The van der Waals surface area contributed by atoms with E-state index in [9.17, 15) is 18.4 Å². The van der Waals surface area contributed by atoms with Crippen LogP contribution in [0, 0.1) is 36.8 Å². The Hall–Kier alpha value is -3.21. The predicted molar refractivity (Wildman–Crippen MR) is 78.2 cm³/mol. The van der Waals surface area contributed by atoms with E-state index < -0.39 is 30.1 Å². The highest BCUT2D eigenvalue weighted by Gasteiger charge is 2.18. The number of nitriles is 1. The second kappa shape index (κ2) is 6.91. The standard InChI is InChI=1S/C16H12F2N2O4/c1-8-9(2)24-15(11(8)6-19)20-14(21)7-23-16(22)10-3-4-12(17)13(18)5-10/h3-5H,7H2,1-2H3,(H,20,21). The van der Waals surface area contributed by atoms with E-state index in [1.807, 2.05) is 6.07 Å². The molecule has 24 heavy (non-hydrogen) atoms. The van der Waals surface area contributed by atoms with Crippen molar-refractivity contribution in [2.75, 3.05) is 11.9 Å². The summed E-state index contributed by atoms with van der Waals surface area (Å²) in [7, 11) is 0. The van der Waals surface area contributed by atoms with Crippen molar-refractivity contribution in [1.29, 1.82) is 5.26 Å². The molecule has 1 amide bonds. The smallest absolute Gasteiger partial charge is 0.338 e. The van der Waals surface area contributed by atoms with Crippen LogP contribution in [0.4, 0.5) is 14.7 Å². The summed E-state index contributed by atoms with van der Waals surface area (Å²) >= 11 is 0. The van der Waals surface area contributed by atoms with Crippen molar-refractivity contribution in [1.82, 2.24) is 0 Å². The molecule has 6 nitrogen and oxygen atoms in total. The Kier molecular flexibility index (Phi) is 4.94. The van der Waals surface area contributed by atoms with Gasteiger partial charge in [0, 0.05) is 5.56 Å². The maximum Gasteiger partial charge on any atom is 0.338 e. The van der Waals surface area contributed by atoms with Crippen molar-refractivity contribution >= 4 is 17.8 Å². The fraction of sp³-hybridized carbons (Fsp3) is 0.188. The van der Waals surface area contributed by atoms with Gasteiger partial charge in [-0.25, -0.2) is 13.6 Å². The monoisotopic (exact) mass is 334 g/mol. The number of anilines is 1. The zero-order valence-corrected chi connectivity index (χ0v) is 12.8. The Balaban J connectivity index is 1.98. The molecule has 0 saturated carbocycles. The number of hydrogen-bond acceptors (Lipinski definition) is 5. The van der Waals surface area contributed by atoms with Crippen molar-refractivity contribution in [3.63, 3.8) is 0 Å². The fourth-order valence-electron chi connectivity index (χ4n) is 1.85. The molecule has 0 spiro atoms. The van der Waals surface area contributed by atoms with Crippen molar-refractivity contribution in [2.45, 2.75) is 13.8 Å². The average Bonchev–Trinajstić information content (AvgIpc) is 2.81. The first-order chi connectivity index (χ1) is 11.3. The Morgan fingerprint density at radius 1 is 1.29 bits per heavy atom. The van der Waals surface area contributed by atoms with Crippen molar-refractivity contribution < 1.29 is 27.5 Å². The summed E-state index contributed by atoms with van der Waals surface area (Å²) in [6.45, 7) is 2.62. The number of rotatable bonds is 4. The summed E-state index contributed by atoms with van der Waals surface area (Å²) in [5, 5.41) is 11.3. The van der Waals surface area contributed by atoms with Gasteiger partial charge >= 0.3 is 5.97 Å². The number of esters is 1. The SMILES string of the molecule is Cc1oc(NC(=O)COC(=O)c2ccc(F)c(F)c2)c(C#N)c1C. The highest BCUT2D eigenvalue weighted by Crippen LogP contribution is 2.25. The number of furan rings is 1. The number of carbonyl (C=O) groups excluding carboxylic acids is 2. The lowest BCUT2D eigenvalue weighted by atomic mass is 10.2. The third kappa shape index (κ3) is 3.57. The zero-order valence-electron chi connectivity index (χ0n) is 12.8. The summed E-state index contributed by atoms with van der Waals surface area (Å²) in [6, 6.07) is 4.38. The van der Waals surface area contributed by atoms with Crippen LogP contribution in [-0.4, -0.2) is 18.5 Å². The Bertz CT molecular complexity index is 852. The maximum atomic E-state index is 13.0. The number of aryl methyl sites for hydroxylation is 1. The molecule has 124 valence electrons. The lowest BCUT2D eigenvalue weighted by molar-refractivity contribution is -0.119. The minimum Gasteiger partial charge on any atom is -0.452 e. The molecular formula is C16H12F2N2O4. The summed E-state index contributed by atoms with van der Waals surface area (Å²) in [4.78, 5) is 23.4. The molecule has 8 heteroatoms. The van der Waals surface area contributed by atoms with Crippen molar-refractivity contribution in [2.24, 2.45) is 0 Å². The Labute approximate surface area is 135 Å². The number of nitrogens with zero attached hydrogens (tertiary/aromatic N) is 1. The number of ether oxygens (including phenoxy) is 1. The van der Waals surface area contributed by atoms with E-state index >= 15 is 0 Å². The topological polar surface area (TPSA) is 92.3 Å².